The minimum atomic E-state index is -0.607. The Labute approximate surface area is 115 Å². The maximum absolute atomic E-state index is 12.3. The third-order valence-electron chi connectivity index (χ3n) is 3.43. The second kappa shape index (κ2) is 5.52. The van der Waals surface area contributed by atoms with E-state index in [1.807, 2.05) is 0 Å². The van der Waals surface area contributed by atoms with E-state index in [2.05, 4.69) is 11.9 Å². The number of hydrogen-bond acceptors (Lipinski definition) is 4. The molecule has 0 aromatic carbocycles. The number of nitro groups is 1. The topological polar surface area (TPSA) is 76.3 Å². The van der Waals surface area contributed by atoms with Crippen molar-refractivity contribution in [3.63, 3.8) is 0 Å². The number of aromatic nitrogens is 1. The highest BCUT2D eigenvalue weighted by molar-refractivity contribution is 6.29. The molecule has 1 unspecified atom stereocenters. The zero-order valence-corrected chi connectivity index (χ0v) is 11.3. The summed E-state index contributed by atoms with van der Waals surface area (Å²) in [7, 11) is 0. The number of halogens is 1. The molecule has 19 heavy (non-hydrogen) atoms. The fourth-order valence-electron chi connectivity index (χ4n) is 2.26. The van der Waals surface area contributed by atoms with Crippen molar-refractivity contribution in [2.75, 3.05) is 13.1 Å². The molecule has 2 rings (SSSR count). The van der Waals surface area contributed by atoms with E-state index in [0.29, 0.717) is 19.0 Å². The number of carbonyl (C=O) groups excluding carboxylic acids is 1. The molecule has 1 aliphatic rings. The Bertz CT molecular complexity index is 521. The molecule has 2 heterocycles. The van der Waals surface area contributed by atoms with Gasteiger partial charge in [0.2, 0.25) is 0 Å². The Kier molecular flexibility index (Phi) is 3.99. The Morgan fingerprint density at radius 1 is 1.68 bits per heavy atom. The van der Waals surface area contributed by atoms with Crippen LogP contribution in [0.5, 0.6) is 0 Å². The number of rotatable bonds is 3. The highest BCUT2D eigenvalue weighted by Gasteiger charge is 2.30. The molecule has 1 aliphatic heterocycles. The minimum Gasteiger partial charge on any atom is -0.338 e. The second-order valence-corrected chi connectivity index (χ2v) is 4.98. The first kappa shape index (κ1) is 13.7. The van der Waals surface area contributed by atoms with Crippen LogP contribution in [0.15, 0.2) is 12.3 Å². The van der Waals surface area contributed by atoms with Gasteiger partial charge in [-0.1, -0.05) is 24.9 Å². The molecule has 1 amide bonds. The van der Waals surface area contributed by atoms with Crippen molar-refractivity contribution in [2.24, 2.45) is 5.92 Å². The van der Waals surface area contributed by atoms with Crippen LogP contribution in [0.25, 0.3) is 0 Å². The van der Waals surface area contributed by atoms with Gasteiger partial charge in [-0.25, -0.2) is 4.98 Å². The Balaban J connectivity index is 2.28. The molecule has 0 N–H and O–H groups in total. The monoisotopic (exact) mass is 283 g/mol. The number of amides is 1. The van der Waals surface area contributed by atoms with Gasteiger partial charge in [-0.3, -0.25) is 14.9 Å². The number of pyridine rings is 1. The Morgan fingerprint density at radius 2 is 2.42 bits per heavy atom. The molecule has 1 aromatic heterocycles. The molecule has 1 aromatic rings. The van der Waals surface area contributed by atoms with Gasteiger partial charge in [0.25, 0.3) is 11.6 Å². The third kappa shape index (κ3) is 2.84. The first-order chi connectivity index (χ1) is 9.02. The first-order valence-corrected chi connectivity index (χ1v) is 6.50. The van der Waals surface area contributed by atoms with Gasteiger partial charge in [-0.15, -0.1) is 0 Å². The average molecular weight is 284 g/mol. The quantitative estimate of drug-likeness (QED) is 0.485. The fraction of sp³-hybridized carbons (Fsp3) is 0.500. The van der Waals surface area contributed by atoms with Gasteiger partial charge in [-0.2, -0.15) is 0 Å². The van der Waals surface area contributed by atoms with E-state index in [-0.39, 0.29) is 22.3 Å². The van der Waals surface area contributed by atoms with Crippen molar-refractivity contribution < 1.29 is 9.72 Å². The number of carbonyl (C=O) groups is 1. The molecule has 0 radical (unpaired) electrons. The molecule has 0 saturated carbocycles. The van der Waals surface area contributed by atoms with Crippen LogP contribution in [0.1, 0.15) is 30.1 Å². The molecule has 7 heteroatoms. The van der Waals surface area contributed by atoms with Crippen LogP contribution in [0.3, 0.4) is 0 Å². The van der Waals surface area contributed by atoms with Crippen LogP contribution in [-0.4, -0.2) is 33.8 Å². The Morgan fingerprint density at radius 3 is 3.00 bits per heavy atom. The van der Waals surface area contributed by atoms with E-state index in [4.69, 9.17) is 11.6 Å². The van der Waals surface area contributed by atoms with Gasteiger partial charge in [0, 0.05) is 13.1 Å². The normalized spacial score (nSPS) is 18.6. The number of hydrogen-bond donors (Lipinski definition) is 0. The summed E-state index contributed by atoms with van der Waals surface area (Å²) in [5.41, 5.74) is -0.281. The fourth-order valence-corrected chi connectivity index (χ4v) is 2.42. The third-order valence-corrected chi connectivity index (χ3v) is 3.63. The predicted octanol–water partition coefficient (Wildman–Crippen LogP) is 2.52. The molecule has 102 valence electrons. The van der Waals surface area contributed by atoms with Crippen molar-refractivity contribution in [3.8, 4) is 0 Å². The summed E-state index contributed by atoms with van der Waals surface area (Å²) >= 11 is 5.72. The highest BCUT2D eigenvalue weighted by Crippen LogP contribution is 2.26. The van der Waals surface area contributed by atoms with E-state index in [1.165, 1.54) is 6.07 Å². The van der Waals surface area contributed by atoms with E-state index in [0.717, 1.165) is 19.0 Å². The summed E-state index contributed by atoms with van der Waals surface area (Å²) in [5.74, 6) is 0.132. The smallest absolute Gasteiger partial charge is 0.300 e. The van der Waals surface area contributed by atoms with E-state index in [9.17, 15) is 14.9 Å². The number of nitrogens with zero attached hydrogens (tertiary/aromatic N) is 3. The van der Waals surface area contributed by atoms with E-state index < -0.39 is 4.92 Å². The van der Waals surface area contributed by atoms with Gasteiger partial charge in [0.05, 0.1) is 4.92 Å². The van der Waals surface area contributed by atoms with E-state index >= 15 is 0 Å². The highest BCUT2D eigenvalue weighted by atomic mass is 35.5. The maximum Gasteiger partial charge on any atom is 0.300 e. The summed E-state index contributed by atoms with van der Waals surface area (Å²) in [6, 6.07) is 1.27. The van der Waals surface area contributed by atoms with Crippen LogP contribution in [0.4, 0.5) is 5.69 Å². The molecular weight excluding hydrogens is 270 g/mol. The summed E-state index contributed by atoms with van der Waals surface area (Å²) in [6.07, 6.45) is 2.97. The van der Waals surface area contributed by atoms with Crippen LogP contribution >= 0.6 is 11.6 Å². The Hall–Kier alpha value is -1.69. The van der Waals surface area contributed by atoms with Crippen LogP contribution in [0.2, 0.25) is 5.15 Å². The predicted molar refractivity (Wildman–Crippen MR) is 70.2 cm³/mol. The molecule has 0 spiro atoms. The van der Waals surface area contributed by atoms with Crippen LogP contribution in [0, 0.1) is 16.0 Å². The molecule has 1 fully saturated rings. The minimum absolute atomic E-state index is 0.0155. The van der Waals surface area contributed by atoms with Crippen molar-refractivity contribution in [1.82, 2.24) is 9.88 Å². The SMILES string of the molecule is CCC1CCN(C(=O)c2cc(Cl)ncc2[N+](=O)[O-])C1. The zero-order valence-electron chi connectivity index (χ0n) is 10.5. The molecule has 0 bridgehead atoms. The maximum atomic E-state index is 12.3. The lowest BCUT2D eigenvalue weighted by molar-refractivity contribution is -0.385. The summed E-state index contributed by atoms with van der Waals surface area (Å²) in [4.78, 5) is 27.9. The molecule has 0 aliphatic carbocycles. The van der Waals surface area contributed by atoms with Gasteiger partial charge in [0.15, 0.2) is 0 Å². The zero-order chi connectivity index (χ0) is 14.0. The van der Waals surface area contributed by atoms with Gasteiger partial charge < -0.3 is 4.90 Å². The lowest BCUT2D eigenvalue weighted by atomic mass is 10.1. The van der Waals surface area contributed by atoms with Crippen molar-refractivity contribution in [3.05, 3.63) is 33.1 Å². The lowest BCUT2D eigenvalue weighted by Crippen LogP contribution is -2.29. The van der Waals surface area contributed by atoms with Crippen molar-refractivity contribution >= 4 is 23.2 Å². The largest absolute Gasteiger partial charge is 0.338 e. The van der Waals surface area contributed by atoms with Crippen LogP contribution < -0.4 is 0 Å². The van der Waals surface area contributed by atoms with Gasteiger partial charge in [0.1, 0.15) is 16.9 Å². The molecular formula is C12H14ClN3O3. The first-order valence-electron chi connectivity index (χ1n) is 6.12. The second-order valence-electron chi connectivity index (χ2n) is 4.60. The summed E-state index contributed by atoms with van der Waals surface area (Å²) in [6.45, 7) is 3.35. The molecule has 6 nitrogen and oxygen atoms in total. The van der Waals surface area contributed by atoms with Gasteiger partial charge >= 0.3 is 0 Å². The van der Waals surface area contributed by atoms with E-state index in [1.54, 1.807) is 4.90 Å². The number of likely N-dealkylation sites (tertiary alicyclic amines) is 1. The average Bonchev–Trinajstić information content (AvgIpc) is 2.86. The van der Waals surface area contributed by atoms with Crippen molar-refractivity contribution in [2.45, 2.75) is 19.8 Å². The summed E-state index contributed by atoms with van der Waals surface area (Å²) < 4.78 is 0. The molecule has 1 atom stereocenters. The standard InChI is InChI=1S/C12H14ClN3O3/c1-2-8-3-4-15(7-8)12(17)9-5-11(13)14-6-10(9)16(18)19/h5-6,8H,2-4,7H2,1H3. The van der Waals surface area contributed by atoms with Crippen molar-refractivity contribution in [1.29, 1.82) is 0 Å². The molecule has 1 saturated heterocycles. The summed E-state index contributed by atoms with van der Waals surface area (Å²) in [5, 5.41) is 11.0. The lowest BCUT2D eigenvalue weighted by Gasteiger charge is -2.16. The van der Waals surface area contributed by atoms with Crippen LogP contribution in [-0.2, 0) is 0 Å². The van der Waals surface area contributed by atoms with Gasteiger partial charge in [-0.05, 0) is 18.4 Å².